The maximum Gasteiger partial charge on any atom is 0.252 e. The summed E-state index contributed by atoms with van der Waals surface area (Å²) in [4.78, 5) is 17.6. The zero-order valence-corrected chi connectivity index (χ0v) is 16.6. The fourth-order valence-electron chi connectivity index (χ4n) is 3.42. The molecule has 0 aliphatic carbocycles. The van der Waals surface area contributed by atoms with E-state index in [1.807, 2.05) is 11.6 Å². The first kappa shape index (κ1) is 18.3. The van der Waals surface area contributed by atoms with Crippen LogP contribution in [0.5, 0.6) is 0 Å². The third-order valence-electron chi connectivity index (χ3n) is 4.64. The molecule has 6 nitrogen and oxygen atoms in total. The van der Waals surface area contributed by atoms with Gasteiger partial charge < -0.3 is 4.57 Å². The number of sulfonamides is 1. The molecule has 3 rings (SSSR count). The molecule has 2 aromatic rings. The molecule has 25 heavy (non-hydrogen) atoms. The molecule has 1 aromatic carbocycles. The topological polar surface area (TPSA) is 71.7 Å². The molecule has 0 N–H and O–H groups in total. The molecule has 0 spiro atoms. The Morgan fingerprint density at radius 2 is 2.04 bits per heavy atom. The number of carbonyl (C=O) groups excluding carboxylic acids is 1. The summed E-state index contributed by atoms with van der Waals surface area (Å²) in [5.74, 6) is -0.596. The molecule has 136 valence electrons. The van der Waals surface area contributed by atoms with Gasteiger partial charge in [-0.15, -0.1) is 0 Å². The van der Waals surface area contributed by atoms with Crippen molar-refractivity contribution in [2.45, 2.75) is 26.7 Å². The molecule has 1 aliphatic rings. The molecule has 8 heteroatoms. The van der Waals surface area contributed by atoms with E-state index in [0.29, 0.717) is 24.2 Å². The summed E-state index contributed by atoms with van der Waals surface area (Å²) >= 11 is 1.49. The highest BCUT2D eigenvalue weighted by Crippen LogP contribution is 2.23. The highest BCUT2D eigenvalue weighted by molar-refractivity contribution is 7.88. The first-order valence-electron chi connectivity index (χ1n) is 8.27. The van der Waals surface area contributed by atoms with Crippen molar-refractivity contribution in [1.29, 1.82) is 0 Å². The lowest BCUT2D eigenvalue weighted by atomic mass is 9.99. The normalized spacial score (nSPS) is 20.3. The molecule has 1 saturated heterocycles. The van der Waals surface area contributed by atoms with Gasteiger partial charge in [-0.3, -0.25) is 4.79 Å². The fraction of sp³-hybridized carbons (Fsp3) is 0.529. The van der Waals surface area contributed by atoms with Gasteiger partial charge in [0.2, 0.25) is 10.0 Å². The van der Waals surface area contributed by atoms with Crippen LogP contribution in [0.2, 0.25) is 0 Å². The van der Waals surface area contributed by atoms with Crippen LogP contribution in [0.4, 0.5) is 0 Å². The molecular weight excluding hydrogens is 358 g/mol. The van der Waals surface area contributed by atoms with E-state index >= 15 is 0 Å². The van der Waals surface area contributed by atoms with Crippen LogP contribution >= 0.6 is 11.3 Å². The molecule has 1 fully saturated rings. The number of rotatable bonds is 2. The summed E-state index contributed by atoms with van der Waals surface area (Å²) in [5.41, 5.74) is 3.42. The number of hydrogen-bond acceptors (Lipinski definition) is 4. The minimum atomic E-state index is -3.27. The van der Waals surface area contributed by atoms with Crippen molar-refractivity contribution in [2.75, 3.05) is 19.3 Å². The molecular formula is C17H23N3O3S2. The van der Waals surface area contributed by atoms with Crippen molar-refractivity contribution in [2.24, 2.45) is 18.0 Å². The van der Waals surface area contributed by atoms with Gasteiger partial charge in [0.25, 0.3) is 5.91 Å². The van der Waals surface area contributed by atoms with Crippen LogP contribution in [0.25, 0.3) is 10.2 Å². The van der Waals surface area contributed by atoms with Crippen LogP contribution < -0.4 is 4.80 Å². The number of hydrogen-bond donors (Lipinski definition) is 0. The number of aryl methyl sites for hydroxylation is 3. The number of thiazole rings is 1. The smallest absolute Gasteiger partial charge is 0.252 e. The number of aromatic nitrogens is 1. The number of amides is 1. The molecule has 1 atom stereocenters. The van der Waals surface area contributed by atoms with Crippen molar-refractivity contribution in [3.63, 3.8) is 0 Å². The van der Waals surface area contributed by atoms with Crippen LogP contribution in [0.1, 0.15) is 24.0 Å². The fourth-order valence-corrected chi connectivity index (χ4v) is 5.53. The third-order valence-corrected chi connectivity index (χ3v) is 6.99. The molecule has 2 heterocycles. The van der Waals surface area contributed by atoms with Crippen LogP contribution in [-0.4, -0.2) is 42.5 Å². The first-order valence-corrected chi connectivity index (χ1v) is 10.9. The van der Waals surface area contributed by atoms with E-state index in [4.69, 9.17) is 0 Å². The Bertz CT molecular complexity index is 1000. The van der Waals surface area contributed by atoms with Crippen LogP contribution in [0.3, 0.4) is 0 Å². The van der Waals surface area contributed by atoms with Crippen LogP contribution in [0.15, 0.2) is 17.1 Å². The van der Waals surface area contributed by atoms with Gasteiger partial charge in [-0.1, -0.05) is 17.4 Å². The largest absolute Gasteiger partial charge is 0.319 e. The number of carbonyl (C=O) groups is 1. The highest BCUT2D eigenvalue weighted by atomic mass is 32.2. The average molecular weight is 382 g/mol. The quantitative estimate of drug-likeness (QED) is 0.798. The summed E-state index contributed by atoms with van der Waals surface area (Å²) in [7, 11) is -1.35. The Kier molecular flexibility index (Phi) is 4.87. The second-order valence-electron chi connectivity index (χ2n) is 6.78. The van der Waals surface area contributed by atoms with Gasteiger partial charge in [0, 0.05) is 20.1 Å². The summed E-state index contributed by atoms with van der Waals surface area (Å²) in [5, 5.41) is 0. The maximum atomic E-state index is 12.6. The Hall–Kier alpha value is -1.51. The lowest BCUT2D eigenvalue weighted by Crippen LogP contribution is -2.41. The molecule has 0 saturated carbocycles. The van der Waals surface area contributed by atoms with Gasteiger partial charge in [-0.25, -0.2) is 12.7 Å². The standard InChI is InChI=1S/C17H23N3O3S2/c1-11-8-12(2)15-14(9-11)24-17(19(15)3)18-16(21)13-6-5-7-20(10-13)25(4,22)23/h8-9,13H,5-7,10H2,1-4H3. The summed E-state index contributed by atoms with van der Waals surface area (Å²) in [6.07, 6.45) is 2.56. The lowest BCUT2D eigenvalue weighted by Gasteiger charge is -2.28. The van der Waals surface area contributed by atoms with Gasteiger partial charge in [0.1, 0.15) is 0 Å². The minimum absolute atomic E-state index is 0.230. The zero-order valence-electron chi connectivity index (χ0n) is 14.9. The van der Waals surface area contributed by atoms with Gasteiger partial charge >= 0.3 is 0 Å². The van der Waals surface area contributed by atoms with E-state index in [1.54, 1.807) is 0 Å². The van der Waals surface area contributed by atoms with E-state index in [0.717, 1.165) is 15.8 Å². The second kappa shape index (κ2) is 6.66. The van der Waals surface area contributed by atoms with Crippen molar-refractivity contribution in [3.05, 3.63) is 28.1 Å². The summed E-state index contributed by atoms with van der Waals surface area (Å²) in [6, 6.07) is 4.22. The van der Waals surface area contributed by atoms with E-state index in [2.05, 4.69) is 31.0 Å². The third kappa shape index (κ3) is 3.70. The molecule has 0 bridgehead atoms. The highest BCUT2D eigenvalue weighted by Gasteiger charge is 2.30. The van der Waals surface area contributed by atoms with Crippen LogP contribution in [-0.2, 0) is 21.9 Å². The number of piperidine rings is 1. The van der Waals surface area contributed by atoms with Crippen molar-refractivity contribution in [3.8, 4) is 0 Å². The predicted octanol–water partition coefficient (Wildman–Crippen LogP) is 1.96. The molecule has 0 radical (unpaired) electrons. The molecule has 1 amide bonds. The van der Waals surface area contributed by atoms with E-state index in [9.17, 15) is 13.2 Å². The lowest BCUT2D eigenvalue weighted by molar-refractivity contribution is -0.122. The van der Waals surface area contributed by atoms with Gasteiger partial charge in [-0.2, -0.15) is 4.99 Å². The Balaban J connectivity index is 1.95. The molecule has 1 aliphatic heterocycles. The van der Waals surface area contributed by atoms with Crippen molar-refractivity contribution >= 4 is 37.5 Å². The Labute approximate surface area is 151 Å². The second-order valence-corrected chi connectivity index (χ2v) is 9.77. The van der Waals surface area contributed by atoms with Crippen molar-refractivity contribution < 1.29 is 13.2 Å². The van der Waals surface area contributed by atoms with E-state index in [1.165, 1.54) is 27.5 Å². The number of benzene rings is 1. The maximum absolute atomic E-state index is 12.6. The van der Waals surface area contributed by atoms with Crippen LogP contribution in [0, 0.1) is 19.8 Å². The minimum Gasteiger partial charge on any atom is -0.319 e. The van der Waals surface area contributed by atoms with Gasteiger partial charge in [0.05, 0.1) is 22.4 Å². The predicted molar refractivity (Wildman–Crippen MR) is 100.0 cm³/mol. The first-order chi connectivity index (χ1) is 11.7. The number of fused-ring (bicyclic) bond motifs is 1. The average Bonchev–Trinajstić information content (AvgIpc) is 2.82. The van der Waals surface area contributed by atoms with E-state index in [-0.39, 0.29) is 18.4 Å². The van der Waals surface area contributed by atoms with Gasteiger partial charge in [-0.05, 0) is 43.9 Å². The SMILES string of the molecule is Cc1cc(C)c2c(c1)sc(=NC(=O)C1CCCN(S(C)(=O)=O)C1)n2C. The Morgan fingerprint density at radius 3 is 2.72 bits per heavy atom. The number of nitrogens with zero attached hydrogens (tertiary/aromatic N) is 3. The summed E-state index contributed by atoms with van der Waals surface area (Å²) in [6.45, 7) is 4.82. The Morgan fingerprint density at radius 1 is 1.32 bits per heavy atom. The summed E-state index contributed by atoms with van der Waals surface area (Å²) < 4.78 is 27.9. The van der Waals surface area contributed by atoms with E-state index < -0.39 is 10.0 Å². The van der Waals surface area contributed by atoms with Crippen molar-refractivity contribution in [1.82, 2.24) is 8.87 Å². The van der Waals surface area contributed by atoms with Gasteiger partial charge in [0.15, 0.2) is 4.80 Å². The zero-order chi connectivity index (χ0) is 18.4. The molecule has 1 aromatic heterocycles. The monoisotopic (exact) mass is 381 g/mol. The molecule has 1 unspecified atom stereocenters.